The molecule has 1 heterocycles. The third-order valence-electron chi connectivity index (χ3n) is 4.42. The Morgan fingerprint density at radius 3 is 2.07 bits per heavy atom. The fourth-order valence-corrected chi connectivity index (χ4v) is 4.35. The van der Waals surface area contributed by atoms with E-state index in [0.29, 0.717) is 0 Å². The van der Waals surface area contributed by atoms with Gasteiger partial charge in [-0.1, -0.05) is 6.07 Å². The van der Waals surface area contributed by atoms with E-state index in [9.17, 15) is 30.8 Å². The van der Waals surface area contributed by atoms with Crippen LogP contribution in [0.1, 0.15) is 15.9 Å². The minimum atomic E-state index is -4.49. The Morgan fingerprint density at radius 1 is 0.929 bits per heavy atom. The van der Waals surface area contributed by atoms with Crippen LogP contribution in [0.25, 0.3) is 0 Å². The number of rotatable bonds is 3. The van der Waals surface area contributed by atoms with Gasteiger partial charge < -0.3 is 4.90 Å². The smallest absolute Gasteiger partial charge is 0.336 e. The second-order valence-electron chi connectivity index (χ2n) is 6.23. The summed E-state index contributed by atoms with van der Waals surface area (Å²) in [5.74, 6) is -1.14. The topological polar surface area (TPSA) is 57.7 Å². The molecule has 2 aromatic carbocycles. The molecule has 0 unspecified atom stereocenters. The van der Waals surface area contributed by atoms with Gasteiger partial charge in [-0.15, -0.1) is 0 Å². The van der Waals surface area contributed by atoms with Crippen molar-refractivity contribution in [3.8, 4) is 0 Å². The van der Waals surface area contributed by atoms with Crippen molar-refractivity contribution >= 4 is 15.9 Å². The molecular formula is C18H16F4N2O3S. The highest BCUT2D eigenvalue weighted by molar-refractivity contribution is 7.89. The van der Waals surface area contributed by atoms with Crippen LogP contribution in [0.4, 0.5) is 17.6 Å². The number of hydrogen-bond acceptors (Lipinski definition) is 3. The van der Waals surface area contributed by atoms with Crippen molar-refractivity contribution < 1.29 is 30.8 Å². The number of nitrogens with zero attached hydrogens (tertiary/aromatic N) is 2. The maximum absolute atomic E-state index is 13.3. The molecule has 3 rings (SSSR count). The molecule has 2 aromatic rings. The Balaban J connectivity index is 1.67. The highest BCUT2D eigenvalue weighted by Gasteiger charge is 2.32. The normalized spacial score (nSPS) is 16.2. The zero-order valence-electron chi connectivity index (χ0n) is 14.5. The van der Waals surface area contributed by atoms with Crippen molar-refractivity contribution in [3.05, 3.63) is 65.5 Å². The lowest BCUT2D eigenvalue weighted by atomic mass is 10.1. The number of alkyl halides is 3. The van der Waals surface area contributed by atoms with E-state index in [2.05, 4.69) is 0 Å². The second-order valence-corrected chi connectivity index (χ2v) is 8.17. The monoisotopic (exact) mass is 416 g/mol. The number of halogens is 4. The minimum Gasteiger partial charge on any atom is -0.336 e. The average Bonchev–Trinajstić information content (AvgIpc) is 2.67. The summed E-state index contributed by atoms with van der Waals surface area (Å²) in [7, 11) is -3.89. The van der Waals surface area contributed by atoms with Crippen molar-refractivity contribution in [2.75, 3.05) is 26.2 Å². The molecule has 0 spiro atoms. The minimum absolute atomic E-state index is 0.00518. The summed E-state index contributed by atoms with van der Waals surface area (Å²) in [6.07, 6.45) is -4.49. The van der Waals surface area contributed by atoms with Gasteiger partial charge in [-0.3, -0.25) is 4.79 Å². The van der Waals surface area contributed by atoms with Gasteiger partial charge in [0.25, 0.3) is 5.91 Å². The molecule has 1 aliphatic heterocycles. The predicted molar refractivity (Wildman–Crippen MR) is 92.5 cm³/mol. The van der Waals surface area contributed by atoms with Gasteiger partial charge in [-0.05, 0) is 42.5 Å². The molecule has 1 amide bonds. The number of hydrogen-bond donors (Lipinski definition) is 0. The van der Waals surface area contributed by atoms with E-state index < -0.39 is 33.5 Å². The van der Waals surface area contributed by atoms with Crippen LogP contribution in [0.5, 0.6) is 0 Å². The van der Waals surface area contributed by atoms with Gasteiger partial charge >= 0.3 is 6.18 Å². The third-order valence-corrected chi connectivity index (χ3v) is 6.31. The van der Waals surface area contributed by atoms with E-state index >= 15 is 0 Å². The summed E-state index contributed by atoms with van der Waals surface area (Å²) in [5.41, 5.74) is -0.760. The molecule has 0 N–H and O–H groups in total. The zero-order chi connectivity index (χ0) is 20.5. The van der Waals surface area contributed by atoms with Gasteiger partial charge in [-0.2, -0.15) is 17.5 Å². The largest absolute Gasteiger partial charge is 0.416 e. The maximum Gasteiger partial charge on any atom is 0.416 e. The molecule has 1 saturated heterocycles. The summed E-state index contributed by atoms with van der Waals surface area (Å²) in [6, 6.07) is 8.51. The number of sulfonamides is 1. The Kier molecular flexibility index (Phi) is 5.44. The molecule has 10 heteroatoms. The molecule has 0 radical (unpaired) electrons. The molecule has 0 aliphatic carbocycles. The van der Waals surface area contributed by atoms with Gasteiger partial charge in [0.15, 0.2) is 0 Å². The van der Waals surface area contributed by atoms with E-state index in [4.69, 9.17) is 0 Å². The first-order chi connectivity index (χ1) is 13.1. The van der Waals surface area contributed by atoms with Crippen LogP contribution in [0.15, 0.2) is 53.4 Å². The van der Waals surface area contributed by atoms with Gasteiger partial charge in [0.2, 0.25) is 10.0 Å². The Bertz CT molecular complexity index is 967. The van der Waals surface area contributed by atoms with Gasteiger partial charge in [0, 0.05) is 31.7 Å². The third kappa shape index (κ3) is 4.17. The lowest BCUT2D eigenvalue weighted by molar-refractivity contribution is -0.137. The predicted octanol–water partition coefficient (Wildman–Crippen LogP) is 2.99. The fraction of sp³-hybridized carbons (Fsp3) is 0.278. The quantitative estimate of drug-likeness (QED) is 0.723. The van der Waals surface area contributed by atoms with Crippen molar-refractivity contribution in [2.45, 2.75) is 11.1 Å². The number of carbonyl (C=O) groups is 1. The Labute approximate surface area is 159 Å². The van der Waals surface area contributed by atoms with E-state index in [1.165, 1.54) is 17.0 Å². The molecule has 1 aliphatic rings. The molecule has 1 fully saturated rings. The number of benzene rings is 2. The van der Waals surface area contributed by atoms with Crippen LogP contribution in [-0.2, 0) is 16.2 Å². The first-order valence-electron chi connectivity index (χ1n) is 8.31. The molecule has 28 heavy (non-hydrogen) atoms. The van der Waals surface area contributed by atoms with Crippen LogP contribution in [0.3, 0.4) is 0 Å². The van der Waals surface area contributed by atoms with Crippen molar-refractivity contribution in [2.24, 2.45) is 0 Å². The molecule has 150 valence electrons. The summed E-state index contributed by atoms with van der Waals surface area (Å²) in [6.45, 7) is 0.166. The Morgan fingerprint density at radius 2 is 1.54 bits per heavy atom. The molecule has 5 nitrogen and oxygen atoms in total. The van der Waals surface area contributed by atoms with Crippen LogP contribution >= 0.6 is 0 Å². The summed E-state index contributed by atoms with van der Waals surface area (Å²) < 4.78 is 77.4. The lowest BCUT2D eigenvalue weighted by Gasteiger charge is -2.34. The SMILES string of the molecule is O=C(c1ccc(C(F)(F)F)cc1)N1CCN(S(=O)(=O)c2cccc(F)c2)CC1. The van der Waals surface area contributed by atoms with Crippen LogP contribution in [-0.4, -0.2) is 49.7 Å². The van der Waals surface area contributed by atoms with Crippen LogP contribution in [0.2, 0.25) is 0 Å². The molecule has 0 bridgehead atoms. The second kappa shape index (κ2) is 7.51. The van der Waals surface area contributed by atoms with Gasteiger partial charge in [0.05, 0.1) is 10.5 Å². The van der Waals surface area contributed by atoms with Crippen LogP contribution < -0.4 is 0 Å². The summed E-state index contributed by atoms with van der Waals surface area (Å²) >= 11 is 0. The standard InChI is InChI=1S/C18H16F4N2O3S/c19-15-2-1-3-16(12-15)28(26,27)24-10-8-23(9-11-24)17(25)13-4-6-14(7-5-13)18(20,21)22/h1-7,12H,8-11H2. The van der Waals surface area contributed by atoms with E-state index in [1.54, 1.807) is 0 Å². The highest BCUT2D eigenvalue weighted by atomic mass is 32.2. The summed E-state index contributed by atoms with van der Waals surface area (Å²) in [5, 5.41) is 0. The van der Waals surface area contributed by atoms with E-state index in [1.807, 2.05) is 0 Å². The fourth-order valence-electron chi connectivity index (χ4n) is 2.89. The lowest BCUT2D eigenvalue weighted by Crippen LogP contribution is -2.50. The average molecular weight is 416 g/mol. The molecular weight excluding hydrogens is 400 g/mol. The van der Waals surface area contributed by atoms with Gasteiger partial charge in [-0.25, -0.2) is 12.8 Å². The number of carbonyl (C=O) groups excluding carboxylic acids is 1. The molecule has 0 aromatic heterocycles. The first kappa shape index (κ1) is 20.3. The highest BCUT2D eigenvalue weighted by Crippen LogP contribution is 2.29. The Hall–Kier alpha value is -2.46. The zero-order valence-corrected chi connectivity index (χ0v) is 15.3. The molecule has 0 atom stereocenters. The number of piperazine rings is 1. The maximum atomic E-state index is 13.3. The van der Waals surface area contributed by atoms with Crippen molar-refractivity contribution in [1.29, 1.82) is 0 Å². The van der Waals surface area contributed by atoms with Crippen molar-refractivity contribution in [3.63, 3.8) is 0 Å². The van der Waals surface area contributed by atoms with E-state index in [-0.39, 0.29) is 36.6 Å². The van der Waals surface area contributed by atoms with Crippen molar-refractivity contribution in [1.82, 2.24) is 9.21 Å². The van der Waals surface area contributed by atoms with Crippen LogP contribution in [0, 0.1) is 5.82 Å². The molecule has 0 saturated carbocycles. The summed E-state index contributed by atoms with van der Waals surface area (Å²) in [4.78, 5) is 13.7. The van der Waals surface area contributed by atoms with E-state index in [0.717, 1.165) is 40.7 Å². The van der Waals surface area contributed by atoms with Gasteiger partial charge in [0.1, 0.15) is 5.82 Å². The first-order valence-corrected chi connectivity index (χ1v) is 9.75. The number of amides is 1.